The Balaban J connectivity index is 2.83. The Hall–Kier alpha value is -1.75. The van der Waals surface area contributed by atoms with Crippen molar-refractivity contribution in [3.63, 3.8) is 0 Å². The van der Waals surface area contributed by atoms with Gasteiger partial charge in [0, 0.05) is 12.3 Å². The molecule has 5 heteroatoms. The molecule has 1 unspecified atom stereocenters. The first-order valence-corrected chi connectivity index (χ1v) is 6.14. The number of hydrogen-bond acceptors (Lipinski definition) is 5. The van der Waals surface area contributed by atoms with Gasteiger partial charge in [0.15, 0.2) is 5.54 Å². The topological polar surface area (TPSA) is 56.8 Å². The lowest BCUT2D eigenvalue weighted by atomic mass is 10.0. The van der Waals surface area contributed by atoms with E-state index in [9.17, 15) is 4.79 Å². The monoisotopic (exact) mass is 267 g/mol. The van der Waals surface area contributed by atoms with Gasteiger partial charge in [0.05, 0.1) is 20.8 Å². The number of ether oxygens (including phenoxy) is 3. The number of anilines is 1. The fourth-order valence-electron chi connectivity index (χ4n) is 1.67. The van der Waals surface area contributed by atoms with E-state index in [1.165, 1.54) is 7.11 Å². The smallest absolute Gasteiger partial charge is 0.333 e. The molecule has 0 spiro atoms. The summed E-state index contributed by atoms with van der Waals surface area (Å²) in [6, 6.07) is 7.32. The molecular formula is C14H21NO4. The van der Waals surface area contributed by atoms with Crippen molar-refractivity contribution in [2.24, 2.45) is 0 Å². The van der Waals surface area contributed by atoms with Crippen LogP contribution >= 0.6 is 0 Å². The maximum absolute atomic E-state index is 11.9. The quantitative estimate of drug-likeness (QED) is 0.766. The molecule has 5 nitrogen and oxygen atoms in total. The lowest BCUT2D eigenvalue weighted by Crippen LogP contribution is -2.48. The number of carbonyl (C=O) groups excluding carboxylic acids is 1. The molecule has 0 amide bonds. The Morgan fingerprint density at radius 1 is 1.26 bits per heavy atom. The highest BCUT2D eigenvalue weighted by Crippen LogP contribution is 2.20. The van der Waals surface area contributed by atoms with Gasteiger partial charge in [0.25, 0.3) is 0 Å². The summed E-state index contributed by atoms with van der Waals surface area (Å²) in [4.78, 5) is 11.9. The fourth-order valence-corrected chi connectivity index (χ4v) is 1.67. The van der Waals surface area contributed by atoms with Gasteiger partial charge in [-0.25, -0.2) is 4.79 Å². The number of esters is 1. The van der Waals surface area contributed by atoms with E-state index in [0.29, 0.717) is 6.61 Å². The van der Waals surface area contributed by atoms with Gasteiger partial charge < -0.3 is 19.5 Å². The van der Waals surface area contributed by atoms with Crippen molar-refractivity contribution in [1.82, 2.24) is 0 Å². The van der Waals surface area contributed by atoms with E-state index in [1.54, 1.807) is 14.0 Å². The van der Waals surface area contributed by atoms with E-state index >= 15 is 0 Å². The van der Waals surface area contributed by atoms with E-state index in [-0.39, 0.29) is 12.6 Å². The third-order valence-electron chi connectivity index (χ3n) is 2.74. The minimum atomic E-state index is -0.917. The molecule has 19 heavy (non-hydrogen) atoms. The zero-order valence-electron chi connectivity index (χ0n) is 11.9. The molecule has 1 atom stereocenters. The van der Waals surface area contributed by atoms with Crippen LogP contribution in [0.4, 0.5) is 5.69 Å². The maximum Gasteiger partial charge on any atom is 0.333 e. The van der Waals surface area contributed by atoms with Gasteiger partial charge in [-0.1, -0.05) is 0 Å². The summed E-state index contributed by atoms with van der Waals surface area (Å²) >= 11 is 0. The van der Waals surface area contributed by atoms with Gasteiger partial charge in [-0.15, -0.1) is 0 Å². The van der Waals surface area contributed by atoms with Gasteiger partial charge in [-0.3, -0.25) is 0 Å². The number of carbonyl (C=O) groups is 1. The molecule has 0 aliphatic heterocycles. The van der Waals surface area contributed by atoms with Crippen LogP contribution in [0.2, 0.25) is 0 Å². The molecule has 0 bridgehead atoms. The molecule has 0 saturated heterocycles. The van der Waals surface area contributed by atoms with Crippen LogP contribution in [-0.4, -0.2) is 38.9 Å². The molecule has 0 aliphatic carbocycles. The predicted molar refractivity (Wildman–Crippen MR) is 73.5 cm³/mol. The van der Waals surface area contributed by atoms with Crippen LogP contribution in [0.1, 0.15) is 13.8 Å². The van der Waals surface area contributed by atoms with Gasteiger partial charge in [-0.2, -0.15) is 0 Å². The van der Waals surface area contributed by atoms with Crippen molar-refractivity contribution in [3.8, 4) is 5.75 Å². The Labute approximate surface area is 113 Å². The third kappa shape index (κ3) is 4.13. The van der Waals surface area contributed by atoms with Crippen LogP contribution in [-0.2, 0) is 14.3 Å². The highest BCUT2D eigenvalue weighted by molar-refractivity contribution is 5.84. The minimum Gasteiger partial charge on any atom is -0.497 e. The normalized spacial score (nSPS) is 13.5. The molecule has 0 aliphatic rings. The summed E-state index contributed by atoms with van der Waals surface area (Å²) in [5, 5.41) is 3.14. The number of benzene rings is 1. The SMILES string of the molecule is CCOCC(C)(Nc1ccc(OC)cc1)C(=O)OC. The molecule has 0 aromatic heterocycles. The summed E-state index contributed by atoms with van der Waals surface area (Å²) in [5.74, 6) is 0.395. The van der Waals surface area contributed by atoms with Gasteiger partial charge in [-0.05, 0) is 38.1 Å². The van der Waals surface area contributed by atoms with Crippen molar-refractivity contribution in [3.05, 3.63) is 24.3 Å². The van der Waals surface area contributed by atoms with Crippen LogP contribution in [0.5, 0.6) is 5.75 Å². The van der Waals surface area contributed by atoms with Crippen LogP contribution in [0.25, 0.3) is 0 Å². The summed E-state index contributed by atoms with van der Waals surface area (Å²) < 4.78 is 15.3. The zero-order chi connectivity index (χ0) is 14.3. The zero-order valence-corrected chi connectivity index (χ0v) is 11.9. The summed E-state index contributed by atoms with van der Waals surface area (Å²) in [5.41, 5.74) is -0.118. The largest absolute Gasteiger partial charge is 0.497 e. The van der Waals surface area contributed by atoms with Crippen molar-refractivity contribution in [2.45, 2.75) is 19.4 Å². The van der Waals surface area contributed by atoms with Gasteiger partial charge in [0.1, 0.15) is 5.75 Å². The average molecular weight is 267 g/mol. The Bertz CT molecular complexity index is 404. The minimum absolute atomic E-state index is 0.238. The van der Waals surface area contributed by atoms with Crippen molar-refractivity contribution in [1.29, 1.82) is 0 Å². The fraction of sp³-hybridized carbons (Fsp3) is 0.500. The first kappa shape index (κ1) is 15.3. The van der Waals surface area contributed by atoms with Crippen molar-refractivity contribution >= 4 is 11.7 Å². The summed E-state index contributed by atoms with van der Waals surface area (Å²) in [6.07, 6.45) is 0. The molecule has 1 rings (SSSR count). The Morgan fingerprint density at radius 3 is 2.37 bits per heavy atom. The summed E-state index contributed by atoms with van der Waals surface area (Å²) in [7, 11) is 2.97. The molecule has 0 saturated carbocycles. The van der Waals surface area contributed by atoms with Crippen LogP contribution in [0, 0.1) is 0 Å². The van der Waals surface area contributed by atoms with E-state index < -0.39 is 5.54 Å². The Kier molecular flexibility index (Phi) is 5.63. The standard InChI is InChI=1S/C14H21NO4/c1-5-19-10-14(2,13(16)18-4)15-11-6-8-12(17-3)9-7-11/h6-9,15H,5,10H2,1-4H3. The second-order valence-electron chi connectivity index (χ2n) is 4.31. The average Bonchev–Trinajstić information content (AvgIpc) is 2.45. The highest BCUT2D eigenvalue weighted by atomic mass is 16.5. The molecule has 106 valence electrons. The van der Waals surface area contributed by atoms with Crippen LogP contribution in [0.3, 0.4) is 0 Å². The van der Waals surface area contributed by atoms with Crippen LogP contribution < -0.4 is 10.1 Å². The number of nitrogens with one attached hydrogen (secondary N) is 1. The molecule has 1 N–H and O–H groups in total. The highest BCUT2D eigenvalue weighted by Gasteiger charge is 2.34. The number of hydrogen-bond donors (Lipinski definition) is 1. The molecule has 0 fully saturated rings. The molecule has 0 radical (unpaired) electrons. The van der Waals surface area contributed by atoms with E-state index in [1.807, 2.05) is 31.2 Å². The number of rotatable bonds is 7. The second kappa shape index (κ2) is 6.99. The van der Waals surface area contributed by atoms with Gasteiger partial charge in [0.2, 0.25) is 0 Å². The number of methoxy groups -OCH3 is 2. The molecule has 1 aromatic carbocycles. The second-order valence-corrected chi connectivity index (χ2v) is 4.31. The van der Waals surface area contributed by atoms with Crippen LogP contribution in [0.15, 0.2) is 24.3 Å². The van der Waals surface area contributed by atoms with Crippen molar-refractivity contribution in [2.75, 3.05) is 32.8 Å². The van der Waals surface area contributed by atoms with Crippen molar-refractivity contribution < 1.29 is 19.0 Å². The lowest BCUT2D eigenvalue weighted by molar-refractivity contribution is -0.147. The maximum atomic E-state index is 11.9. The summed E-state index contributed by atoms with van der Waals surface area (Å²) in [6.45, 7) is 4.41. The van der Waals surface area contributed by atoms with Gasteiger partial charge >= 0.3 is 5.97 Å². The molecule has 1 aromatic rings. The van der Waals surface area contributed by atoms with E-state index in [0.717, 1.165) is 11.4 Å². The van der Waals surface area contributed by atoms with E-state index in [4.69, 9.17) is 14.2 Å². The third-order valence-corrected chi connectivity index (χ3v) is 2.74. The Morgan fingerprint density at radius 2 is 1.89 bits per heavy atom. The molecule has 0 heterocycles. The first-order chi connectivity index (χ1) is 9.05. The lowest BCUT2D eigenvalue weighted by Gasteiger charge is -2.28. The van der Waals surface area contributed by atoms with E-state index in [2.05, 4.69) is 5.32 Å². The molecular weight excluding hydrogens is 246 g/mol. The first-order valence-electron chi connectivity index (χ1n) is 6.14. The predicted octanol–water partition coefficient (Wildman–Crippen LogP) is 2.08.